The average Bonchev–Trinajstić information content (AvgIpc) is 4.02. The molecule has 6 heterocycles. The number of rotatable bonds is 10. The molecule has 18 heteroatoms. The van der Waals surface area contributed by atoms with Crippen LogP contribution in [0.3, 0.4) is 0 Å². The molecule has 2 aromatic carbocycles. The highest BCUT2D eigenvalue weighted by molar-refractivity contribution is 6.07. The Morgan fingerprint density at radius 3 is 1.81 bits per heavy atom. The van der Waals surface area contributed by atoms with E-state index >= 15 is 0 Å². The first kappa shape index (κ1) is 36.8. The molecule has 1 atom stereocenters. The second kappa shape index (κ2) is 15.8. The molecule has 2 saturated heterocycles. The first-order valence-corrected chi connectivity index (χ1v) is 17.0. The van der Waals surface area contributed by atoms with Gasteiger partial charge in [-0.1, -0.05) is 0 Å². The van der Waals surface area contributed by atoms with Crippen LogP contribution in [0.5, 0.6) is 0 Å². The SMILES string of the molecule is CCn1cc(C(=O)c2cc(F)nn2-c2ccc(F)cc2C2OCCO2)cn1.CCn1cc(C(O)c2cc(F)nn2-c2ccc(F)cc2C2OCCO2)cn1. The summed E-state index contributed by atoms with van der Waals surface area (Å²) in [5.74, 6) is -3.03. The van der Waals surface area contributed by atoms with Gasteiger partial charge in [0.2, 0.25) is 17.7 Å². The molecular formula is C36H34F4N8O6. The lowest BCUT2D eigenvalue weighted by Crippen LogP contribution is -2.13. The summed E-state index contributed by atoms with van der Waals surface area (Å²) >= 11 is 0. The van der Waals surface area contributed by atoms with Crippen LogP contribution in [0.2, 0.25) is 0 Å². The van der Waals surface area contributed by atoms with Gasteiger partial charge in [0.15, 0.2) is 12.6 Å². The molecule has 1 N–H and O–H groups in total. The van der Waals surface area contributed by atoms with E-state index in [9.17, 15) is 27.5 Å². The molecule has 0 saturated carbocycles. The molecule has 8 rings (SSSR count). The monoisotopic (exact) mass is 750 g/mol. The number of ether oxygens (including phenoxy) is 4. The number of benzene rings is 2. The minimum atomic E-state index is -1.16. The van der Waals surface area contributed by atoms with Gasteiger partial charge < -0.3 is 24.1 Å². The second-order valence-electron chi connectivity index (χ2n) is 12.1. The molecule has 2 fully saturated rings. The molecule has 0 aliphatic carbocycles. The van der Waals surface area contributed by atoms with Crippen molar-refractivity contribution in [2.75, 3.05) is 26.4 Å². The lowest BCUT2D eigenvalue weighted by Gasteiger charge is -2.18. The third-order valence-corrected chi connectivity index (χ3v) is 8.60. The Balaban J connectivity index is 0.000000167. The number of ketones is 1. The molecule has 1 unspecified atom stereocenters. The molecule has 0 radical (unpaired) electrons. The Labute approximate surface area is 305 Å². The van der Waals surface area contributed by atoms with E-state index in [0.29, 0.717) is 73.1 Å². The zero-order chi connectivity index (χ0) is 37.9. The van der Waals surface area contributed by atoms with Crippen molar-refractivity contribution in [1.82, 2.24) is 39.1 Å². The van der Waals surface area contributed by atoms with Gasteiger partial charge in [-0.2, -0.15) is 19.0 Å². The van der Waals surface area contributed by atoms with Gasteiger partial charge in [0.1, 0.15) is 23.4 Å². The van der Waals surface area contributed by atoms with Gasteiger partial charge in [-0.05, 0) is 50.2 Å². The largest absolute Gasteiger partial charge is 0.382 e. The van der Waals surface area contributed by atoms with Gasteiger partial charge in [-0.15, -0.1) is 10.2 Å². The number of aryl methyl sites for hydroxylation is 2. The number of nitrogens with zero attached hydrogens (tertiary/aromatic N) is 8. The molecule has 14 nitrogen and oxygen atoms in total. The zero-order valence-electron chi connectivity index (χ0n) is 29.0. The Kier molecular flexibility index (Phi) is 10.8. The van der Waals surface area contributed by atoms with Crippen LogP contribution in [0.15, 0.2) is 73.3 Å². The normalized spacial score (nSPS) is 15.5. The van der Waals surface area contributed by atoms with Crippen LogP contribution in [-0.2, 0) is 32.0 Å². The van der Waals surface area contributed by atoms with Crippen molar-refractivity contribution in [3.05, 3.63) is 130 Å². The zero-order valence-corrected chi connectivity index (χ0v) is 29.0. The van der Waals surface area contributed by atoms with Crippen LogP contribution in [0.1, 0.15) is 71.0 Å². The summed E-state index contributed by atoms with van der Waals surface area (Å²) < 4.78 is 83.0. The highest BCUT2D eigenvalue weighted by atomic mass is 19.1. The number of aromatic nitrogens is 8. The minimum Gasteiger partial charge on any atom is -0.382 e. The number of halogens is 4. The molecule has 0 bridgehead atoms. The Morgan fingerprint density at radius 2 is 1.26 bits per heavy atom. The molecule has 0 amide bonds. The highest BCUT2D eigenvalue weighted by Crippen LogP contribution is 2.33. The van der Waals surface area contributed by atoms with Crippen molar-refractivity contribution in [1.29, 1.82) is 0 Å². The maximum absolute atomic E-state index is 14.0. The fourth-order valence-electron chi connectivity index (χ4n) is 6.01. The summed E-state index contributed by atoms with van der Waals surface area (Å²) in [5, 5.41) is 26.6. The fraction of sp³-hybridized carbons (Fsp3) is 0.306. The van der Waals surface area contributed by atoms with E-state index in [1.165, 1.54) is 53.5 Å². The molecular weight excluding hydrogens is 716 g/mol. The van der Waals surface area contributed by atoms with Gasteiger partial charge in [0.25, 0.3) is 0 Å². The number of aliphatic hydroxyl groups is 1. The molecule has 6 aromatic rings. The van der Waals surface area contributed by atoms with Gasteiger partial charge in [-0.3, -0.25) is 14.2 Å². The number of aliphatic hydroxyl groups excluding tert-OH is 1. The van der Waals surface area contributed by atoms with Crippen molar-refractivity contribution < 1.29 is 46.4 Å². The quantitative estimate of drug-likeness (QED) is 0.148. The maximum Gasteiger partial charge on any atom is 0.233 e. The number of carbonyl (C=O) groups excluding carboxylic acids is 1. The molecule has 4 aromatic heterocycles. The van der Waals surface area contributed by atoms with Crippen molar-refractivity contribution in [2.24, 2.45) is 0 Å². The fourth-order valence-corrected chi connectivity index (χ4v) is 6.01. The first-order valence-electron chi connectivity index (χ1n) is 17.0. The van der Waals surface area contributed by atoms with Crippen LogP contribution < -0.4 is 0 Å². The number of hydrogen-bond donors (Lipinski definition) is 1. The predicted molar refractivity (Wildman–Crippen MR) is 180 cm³/mol. The smallest absolute Gasteiger partial charge is 0.233 e. The van der Waals surface area contributed by atoms with Crippen LogP contribution in [0, 0.1) is 23.5 Å². The maximum atomic E-state index is 14.0. The summed E-state index contributed by atoms with van der Waals surface area (Å²) in [7, 11) is 0. The minimum absolute atomic E-state index is 0.00555. The summed E-state index contributed by atoms with van der Waals surface area (Å²) in [6, 6.07) is 9.97. The number of carbonyl (C=O) groups is 1. The average molecular weight is 751 g/mol. The molecule has 2 aliphatic heterocycles. The Hall–Kier alpha value is -5.53. The molecule has 0 spiro atoms. The van der Waals surface area contributed by atoms with Crippen LogP contribution >= 0.6 is 0 Å². The van der Waals surface area contributed by atoms with Crippen molar-refractivity contribution in [3.63, 3.8) is 0 Å². The third kappa shape index (κ3) is 7.60. The summed E-state index contributed by atoms with van der Waals surface area (Å²) in [6.45, 7) is 6.50. The summed E-state index contributed by atoms with van der Waals surface area (Å²) in [6.07, 6.45) is 3.42. The molecule has 54 heavy (non-hydrogen) atoms. The Bertz CT molecular complexity index is 2260. The standard InChI is InChI=1S/C18H18F2N4O3.C18H16F2N4O3/c2*1-2-23-10-11(9-21-23)17(25)15-8-16(20)22-24(15)14-4-3-12(19)7-13(14)18-26-5-6-27-18/h3-4,7-10,17-18,25H,2,5-6H2,1H3;3-4,7-10,18H,2,5-6H2,1H3. The van der Waals surface area contributed by atoms with E-state index < -0.39 is 48.0 Å². The third-order valence-electron chi connectivity index (χ3n) is 8.60. The topological polar surface area (TPSA) is 146 Å². The highest BCUT2D eigenvalue weighted by Gasteiger charge is 2.29. The van der Waals surface area contributed by atoms with Crippen LogP contribution in [0.4, 0.5) is 17.6 Å². The lowest BCUT2D eigenvalue weighted by atomic mass is 10.1. The van der Waals surface area contributed by atoms with E-state index in [0.717, 1.165) is 16.8 Å². The van der Waals surface area contributed by atoms with E-state index in [4.69, 9.17) is 18.9 Å². The summed E-state index contributed by atoms with van der Waals surface area (Å²) in [4.78, 5) is 12.9. The molecule has 2 aliphatic rings. The second-order valence-corrected chi connectivity index (χ2v) is 12.1. The van der Waals surface area contributed by atoms with Crippen LogP contribution in [-0.4, -0.2) is 76.4 Å². The van der Waals surface area contributed by atoms with Crippen molar-refractivity contribution >= 4 is 5.78 Å². The van der Waals surface area contributed by atoms with E-state index in [2.05, 4.69) is 20.4 Å². The van der Waals surface area contributed by atoms with Gasteiger partial charge in [-0.25, -0.2) is 18.1 Å². The van der Waals surface area contributed by atoms with Gasteiger partial charge in [0.05, 0.1) is 61.5 Å². The van der Waals surface area contributed by atoms with Crippen molar-refractivity contribution in [3.8, 4) is 11.4 Å². The number of hydrogen-bond acceptors (Lipinski definition) is 10. The predicted octanol–water partition coefficient (Wildman–Crippen LogP) is 5.14. The first-order chi connectivity index (χ1) is 26.1. The van der Waals surface area contributed by atoms with E-state index in [-0.39, 0.29) is 11.4 Å². The van der Waals surface area contributed by atoms with E-state index in [1.54, 1.807) is 21.8 Å². The van der Waals surface area contributed by atoms with Gasteiger partial charge >= 0.3 is 0 Å². The Morgan fingerprint density at radius 1 is 0.741 bits per heavy atom. The van der Waals surface area contributed by atoms with Crippen molar-refractivity contribution in [2.45, 2.75) is 45.6 Å². The van der Waals surface area contributed by atoms with Gasteiger partial charge in [0, 0.05) is 54.3 Å². The van der Waals surface area contributed by atoms with Crippen LogP contribution in [0.25, 0.3) is 11.4 Å². The molecule has 282 valence electrons. The summed E-state index contributed by atoms with van der Waals surface area (Å²) in [5.41, 5.74) is 2.35. The van der Waals surface area contributed by atoms with E-state index in [1.807, 2.05) is 13.8 Å². The lowest BCUT2D eigenvalue weighted by molar-refractivity contribution is -0.0445.